The number of carbonyl (C=O) groups excluding carboxylic acids is 1. The summed E-state index contributed by atoms with van der Waals surface area (Å²) in [6.45, 7) is 5.89. The summed E-state index contributed by atoms with van der Waals surface area (Å²) < 4.78 is 42.9. The number of carbonyl (C=O) groups is 1. The molecule has 0 saturated carbocycles. The molecule has 2 N–H and O–H groups in total. The van der Waals surface area contributed by atoms with Crippen LogP contribution in [0.1, 0.15) is 29.3 Å². The number of rotatable bonds is 7. The predicted octanol–water partition coefficient (Wildman–Crippen LogP) is 2.99. The molecule has 1 fully saturated rings. The quantitative estimate of drug-likeness (QED) is 0.247. The molecule has 0 radical (unpaired) electrons. The van der Waals surface area contributed by atoms with Crippen molar-refractivity contribution in [3.05, 3.63) is 35.4 Å². The van der Waals surface area contributed by atoms with Gasteiger partial charge in [-0.25, -0.2) is 0 Å². The van der Waals surface area contributed by atoms with Crippen molar-refractivity contribution < 1.29 is 22.7 Å². The average molecular weight is 528 g/mol. The summed E-state index contributed by atoms with van der Waals surface area (Å²) in [5.74, 6) is 0.855. The second-order valence-electron chi connectivity index (χ2n) is 6.62. The lowest BCUT2D eigenvalue weighted by Gasteiger charge is -2.21. The maximum absolute atomic E-state index is 12.6. The number of ether oxygens (including phenoxy) is 1. The zero-order chi connectivity index (χ0) is 20.6. The minimum Gasteiger partial charge on any atom is -0.384 e. The normalized spacial score (nSPS) is 17.1. The molecule has 0 spiro atoms. The maximum Gasteiger partial charge on any atom is 0.416 e. The predicted molar refractivity (Wildman–Crippen MR) is 117 cm³/mol. The van der Waals surface area contributed by atoms with Crippen LogP contribution in [0.25, 0.3) is 0 Å². The van der Waals surface area contributed by atoms with Gasteiger partial charge in [-0.1, -0.05) is 0 Å². The van der Waals surface area contributed by atoms with E-state index in [4.69, 9.17) is 4.74 Å². The molecule has 1 unspecified atom stereocenters. The largest absolute Gasteiger partial charge is 0.416 e. The molecule has 2 rings (SSSR count). The number of hydrogen-bond donors (Lipinski definition) is 2. The van der Waals surface area contributed by atoms with Crippen molar-refractivity contribution in [1.82, 2.24) is 15.5 Å². The molecule has 1 atom stereocenters. The van der Waals surface area contributed by atoms with Gasteiger partial charge >= 0.3 is 6.18 Å². The van der Waals surface area contributed by atoms with E-state index in [0.29, 0.717) is 19.0 Å². The molecule has 10 heteroatoms. The summed E-state index contributed by atoms with van der Waals surface area (Å²) in [5, 5.41) is 5.92. The zero-order valence-corrected chi connectivity index (χ0v) is 18.9. The lowest BCUT2D eigenvalue weighted by Crippen LogP contribution is -2.40. The number of aliphatic imine (C=N–C) groups is 1. The topological polar surface area (TPSA) is 66.0 Å². The van der Waals surface area contributed by atoms with Gasteiger partial charge < -0.3 is 20.3 Å². The summed E-state index contributed by atoms with van der Waals surface area (Å²) >= 11 is 0. The third-order valence-corrected chi connectivity index (χ3v) is 4.46. The van der Waals surface area contributed by atoms with Gasteiger partial charge in [-0.05, 0) is 37.6 Å². The van der Waals surface area contributed by atoms with E-state index in [2.05, 4.69) is 20.5 Å². The molecule has 1 amide bonds. The zero-order valence-electron chi connectivity index (χ0n) is 16.6. The molecule has 0 aliphatic carbocycles. The van der Waals surface area contributed by atoms with Crippen LogP contribution in [0, 0.1) is 5.92 Å². The molecule has 1 aliphatic heterocycles. The lowest BCUT2D eigenvalue weighted by atomic mass is 10.1. The number of methoxy groups -OCH3 is 1. The molecule has 1 aliphatic rings. The molecular formula is C19H28F3IN4O2. The van der Waals surface area contributed by atoms with Crippen LogP contribution in [0.3, 0.4) is 0 Å². The van der Waals surface area contributed by atoms with Crippen LogP contribution in [-0.4, -0.2) is 63.2 Å². The summed E-state index contributed by atoms with van der Waals surface area (Å²) in [5.41, 5.74) is -0.591. The Balaban J connectivity index is 0.00000420. The van der Waals surface area contributed by atoms with E-state index in [1.54, 1.807) is 7.11 Å². The molecule has 1 aromatic rings. The highest BCUT2D eigenvalue weighted by molar-refractivity contribution is 14.0. The maximum atomic E-state index is 12.6. The van der Waals surface area contributed by atoms with E-state index in [9.17, 15) is 18.0 Å². The van der Waals surface area contributed by atoms with Crippen LogP contribution in [0.4, 0.5) is 13.2 Å². The number of nitrogens with one attached hydrogen (secondary N) is 2. The summed E-state index contributed by atoms with van der Waals surface area (Å²) in [4.78, 5) is 18.8. The van der Waals surface area contributed by atoms with E-state index in [0.717, 1.165) is 50.8 Å². The van der Waals surface area contributed by atoms with Crippen molar-refractivity contribution in [3.63, 3.8) is 0 Å². The molecule has 1 aromatic carbocycles. The highest BCUT2D eigenvalue weighted by Gasteiger charge is 2.30. The van der Waals surface area contributed by atoms with Gasteiger partial charge in [-0.3, -0.25) is 9.79 Å². The number of nitrogens with zero attached hydrogens (tertiary/aromatic N) is 2. The van der Waals surface area contributed by atoms with Gasteiger partial charge in [-0.15, -0.1) is 24.0 Å². The third-order valence-electron chi connectivity index (χ3n) is 4.46. The van der Waals surface area contributed by atoms with Crippen molar-refractivity contribution in [3.8, 4) is 0 Å². The summed E-state index contributed by atoms with van der Waals surface area (Å²) in [6, 6.07) is 4.15. The van der Waals surface area contributed by atoms with Gasteiger partial charge in [0.05, 0.1) is 18.7 Å². The first kappa shape index (κ1) is 25.5. The Hall–Kier alpha value is -1.56. The molecule has 6 nitrogen and oxygen atoms in total. The number of halogens is 4. The molecule has 1 heterocycles. The minimum absolute atomic E-state index is 0. The van der Waals surface area contributed by atoms with Gasteiger partial charge in [-0.2, -0.15) is 13.2 Å². The first-order valence-electron chi connectivity index (χ1n) is 9.32. The van der Waals surface area contributed by atoms with Gasteiger partial charge in [0.25, 0.3) is 5.91 Å². The van der Waals surface area contributed by atoms with Gasteiger partial charge in [0.15, 0.2) is 5.96 Å². The SMILES string of the molecule is CCNC(=NCCNC(=O)c1ccc(C(F)(F)F)cc1)N1CCC(COC)C1.I. The second-order valence-corrected chi connectivity index (χ2v) is 6.62. The van der Waals surface area contributed by atoms with Crippen molar-refractivity contribution in [2.24, 2.45) is 10.9 Å². The van der Waals surface area contributed by atoms with Crippen LogP contribution in [0.2, 0.25) is 0 Å². The molecule has 0 aromatic heterocycles. The molecule has 0 bridgehead atoms. The van der Waals surface area contributed by atoms with Crippen LogP contribution in [-0.2, 0) is 10.9 Å². The van der Waals surface area contributed by atoms with Crippen molar-refractivity contribution in [1.29, 1.82) is 0 Å². The Morgan fingerprint density at radius 3 is 2.55 bits per heavy atom. The third kappa shape index (κ3) is 8.00. The fourth-order valence-corrected chi connectivity index (χ4v) is 3.07. The van der Waals surface area contributed by atoms with E-state index in [1.165, 1.54) is 12.1 Å². The van der Waals surface area contributed by atoms with E-state index < -0.39 is 17.6 Å². The number of benzene rings is 1. The van der Waals surface area contributed by atoms with E-state index >= 15 is 0 Å². The van der Waals surface area contributed by atoms with Crippen LogP contribution < -0.4 is 10.6 Å². The van der Waals surface area contributed by atoms with Crippen LogP contribution >= 0.6 is 24.0 Å². The van der Waals surface area contributed by atoms with Crippen LogP contribution in [0.15, 0.2) is 29.3 Å². The Kier molecular flexibility index (Phi) is 10.7. The Bertz CT molecular complexity index is 668. The summed E-state index contributed by atoms with van der Waals surface area (Å²) in [6.07, 6.45) is -3.37. The second kappa shape index (κ2) is 12.2. The highest BCUT2D eigenvalue weighted by Crippen LogP contribution is 2.29. The highest BCUT2D eigenvalue weighted by atomic mass is 127. The Morgan fingerprint density at radius 1 is 1.28 bits per heavy atom. The number of hydrogen-bond acceptors (Lipinski definition) is 3. The monoisotopic (exact) mass is 528 g/mol. The fourth-order valence-electron chi connectivity index (χ4n) is 3.07. The number of alkyl halides is 3. The Labute approximate surface area is 186 Å². The molecule has 164 valence electrons. The Morgan fingerprint density at radius 2 is 1.97 bits per heavy atom. The number of guanidine groups is 1. The van der Waals surface area contributed by atoms with Crippen molar-refractivity contribution >= 4 is 35.8 Å². The first-order chi connectivity index (χ1) is 13.3. The summed E-state index contributed by atoms with van der Waals surface area (Å²) in [7, 11) is 1.70. The van der Waals surface area contributed by atoms with E-state index in [-0.39, 0.29) is 29.5 Å². The van der Waals surface area contributed by atoms with Crippen molar-refractivity contribution in [2.75, 3.05) is 46.4 Å². The molecular weight excluding hydrogens is 500 g/mol. The average Bonchev–Trinajstić information content (AvgIpc) is 3.12. The van der Waals surface area contributed by atoms with Gasteiger partial charge in [0, 0.05) is 44.8 Å². The lowest BCUT2D eigenvalue weighted by molar-refractivity contribution is -0.137. The molecule has 1 saturated heterocycles. The van der Waals surface area contributed by atoms with Crippen LogP contribution in [0.5, 0.6) is 0 Å². The number of amides is 1. The minimum atomic E-state index is -4.41. The molecule has 29 heavy (non-hydrogen) atoms. The van der Waals surface area contributed by atoms with Gasteiger partial charge in [0.1, 0.15) is 0 Å². The van der Waals surface area contributed by atoms with Gasteiger partial charge in [0.2, 0.25) is 0 Å². The van der Waals surface area contributed by atoms with Crippen molar-refractivity contribution in [2.45, 2.75) is 19.5 Å². The fraction of sp³-hybridized carbons (Fsp3) is 0.579. The standard InChI is InChI=1S/C19H27F3N4O2.HI/c1-3-23-18(26-11-8-14(12-26)13-28-2)25-10-9-24-17(27)15-4-6-16(7-5-15)19(20,21)22;/h4-7,14H,3,8-13H2,1-2H3,(H,23,25)(H,24,27);1H. The van der Waals surface area contributed by atoms with E-state index in [1.807, 2.05) is 6.92 Å². The first-order valence-corrected chi connectivity index (χ1v) is 9.32. The number of likely N-dealkylation sites (tertiary alicyclic amines) is 1. The smallest absolute Gasteiger partial charge is 0.384 e.